The summed E-state index contributed by atoms with van der Waals surface area (Å²) in [5.41, 5.74) is 0.860. The van der Waals surface area contributed by atoms with Crippen LogP contribution in [-0.2, 0) is 9.59 Å². The van der Waals surface area contributed by atoms with Crippen LogP contribution in [0, 0.1) is 5.92 Å². The molecule has 1 aliphatic heterocycles. The number of hydrogen-bond acceptors (Lipinski definition) is 2. The molecule has 1 saturated heterocycles. The minimum atomic E-state index is -0.539. The first-order valence-corrected chi connectivity index (χ1v) is 7.81. The summed E-state index contributed by atoms with van der Waals surface area (Å²) in [5.74, 6) is 0.566. The standard InChI is InChI=1S/C17H22N2O2/c1-3-14-16(20)18-15(13-7-5-4-6-8-13)17(21)19(14)11(2)12-9-10-12/h4-8,11-12,14-15H,3,9-10H2,1-2H3,(H,18,20). The third kappa shape index (κ3) is 2.55. The topological polar surface area (TPSA) is 49.4 Å². The van der Waals surface area contributed by atoms with Gasteiger partial charge in [0, 0.05) is 6.04 Å². The van der Waals surface area contributed by atoms with Gasteiger partial charge in [-0.15, -0.1) is 0 Å². The molecule has 21 heavy (non-hydrogen) atoms. The molecule has 3 atom stereocenters. The third-order valence-electron chi connectivity index (χ3n) is 4.69. The van der Waals surface area contributed by atoms with Crippen molar-refractivity contribution in [3.05, 3.63) is 35.9 Å². The van der Waals surface area contributed by atoms with Gasteiger partial charge >= 0.3 is 0 Å². The molecule has 0 spiro atoms. The van der Waals surface area contributed by atoms with Crippen molar-refractivity contribution in [1.29, 1.82) is 0 Å². The summed E-state index contributed by atoms with van der Waals surface area (Å²) in [7, 11) is 0. The molecule has 0 aromatic heterocycles. The molecule has 112 valence electrons. The number of carbonyl (C=O) groups is 2. The Morgan fingerprint density at radius 1 is 1.24 bits per heavy atom. The lowest BCUT2D eigenvalue weighted by molar-refractivity contribution is -0.152. The average molecular weight is 286 g/mol. The summed E-state index contributed by atoms with van der Waals surface area (Å²) in [5, 5.41) is 2.90. The zero-order chi connectivity index (χ0) is 15.0. The molecule has 1 N–H and O–H groups in total. The Bertz CT molecular complexity index is 539. The molecule has 4 nitrogen and oxygen atoms in total. The highest BCUT2D eigenvalue weighted by molar-refractivity contribution is 5.97. The fourth-order valence-corrected chi connectivity index (χ4v) is 3.27. The molecular weight excluding hydrogens is 264 g/mol. The maximum Gasteiger partial charge on any atom is 0.250 e. The number of nitrogens with one attached hydrogen (secondary N) is 1. The van der Waals surface area contributed by atoms with Crippen molar-refractivity contribution in [2.45, 2.75) is 51.2 Å². The second-order valence-electron chi connectivity index (χ2n) is 6.10. The number of carbonyl (C=O) groups excluding carboxylic acids is 2. The number of amides is 2. The Morgan fingerprint density at radius 2 is 1.90 bits per heavy atom. The second kappa shape index (κ2) is 5.51. The van der Waals surface area contributed by atoms with Gasteiger partial charge in [-0.1, -0.05) is 37.3 Å². The zero-order valence-electron chi connectivity index (χ0n) is 12.6. The van der Waals surface area contributed by atoms with Gasteiger partial charge in [-0.25, -0.2) is 0 Å². The first-order valence-electron chi connectivity index (χ1n) is 7.81. The van der Waals surface area contributed by atoms with Gasteiger partial charge in [-0.05, 0) is 37.7 Å². The maximum absolute atomic E-state index is 12.9. The van der Waals surface area contributed by atoms with Crippen LogP contribution in [0.25, 0.3) is 0 Å². The fourth-order valence-electron chi connectivity index (χ4n) is 3.27. The number of rotatable bonds is 4. The smallest absolute Gasteiger partial charge is 0.250 e. The van der Waals surface area contributed by atoms with Crippen molar-refractivity contribution in [2.24, 2.45) is 5.92 Å². The van der Waals surface area contributed by atoms with Crippen molar-refractivity contribution >= 4 is 11.8 Å². The van der Waals surface area contributed by atoms with Crippen LogP contribution in [0.3, 0.4) is 0 Å². The Balaban J connectivity index is 1.91. The van der Waals surface area contributed by atoms with Gasteiger partial charge in [0.05, 0.1) is 0 Å². The number of nitrogens with zero attached hydrogens (tertiary/aromatic N) is 1. The van der Waals surface area contributed by atoms with Crippen LogP contribution in [-0.4, -0.2) is 28.8 Å². The van der Waals surface area contributed by atoms with Crippen molar-refractivity contribution in [2.75, 3.05) is 0 Å². The van der Waals surface area contributed by atoms with Crippen LogP contribution >= 0.6 is 0 Å². The second-order valence-corrected chi connectivity index (χ2v) is 6.10. The van der Waals surface area contributed by atoms with Crippen molar-refractivity contribution in [1.82, 2.24) is 10.2 Å². The quantitative estimate of drug-likeness (QED) is 0.923. The van der Waals surface area contributed by atoms with Crippen LogP contribution in [0.15, 0.2) is 30.3 Å². The van der Waals surface area contributed by atoms with Crippen molar-refractivity contribution in [3.8, 4) is 0 Å². The van der Waals surface area contributed by atoms with Crippen LogP contribution in [0.1, 0.15) is 44.7 Å². The summed E-state index contributed by atoms with van der Waals surface area (Å²) < 4.78 is 0. The third-order valence-corrected chi connectivity index (χ3v) is 4.69. The normalized spacial score (nSPS) is 27.4. The van der Waals surface area contributed by atoms with E-state index in [1.165, 1.54) is 12.8 Å². The molecule has 3 unspecified atom stereocenters. The van der Waals surface area contributed by atoms with Crippen molar-refractivity contribution < 1.29 is 9.59 Å². The van der Waals surface area contributed by atoms with Crippen molar-refractivity contribution in [3.63, 3.8) is 0 Å². The van der Waals surface area contributed by atoms with E-state index < -0.39 is 6.04 Å². The molecule has 2 fully saturated rings. The van der Waals surface area contributed by atoms with Gasteiger partial charge in [0.2, 0.25) is 5.91 Å². The van der Waals surface area contributed by atoms with Gasteiger partial charge in [0.1, 0.15) is 12.1 Å². The fraction of sp³-hybridized carbons (Fsp3) is 0.529. The molecule has 2 amide bonds. The molecule has 2 aliphatic rings. The van der Waals surface area contributed by atoms with E-state index >= 15 is 0 Å². The van der Waals surface area contributed by atoms with Gasteiger partial charge in [0.25, 0.3) is 5.91 Å². The number of benzene rings is 1. The number of hydrogen-bond donors (Lipinski definition) is 1. The van der Waals surface area contributed by atoms with E-state index in [1.54, 1.807) is 0 Å². The molecule has 4 heteroatoms. The molecule has 3 rings (SSSR count). The summed E-state index contributed by atoms with van der Waals surface area (Å²) in [4.78, 5) is 27.2. The highest BCUT2D eigenvalue weighted by Gasteiger charge is 2.45. The average Bonchev–Trinajstić information content (AvgIpc) is 3.33. The molecular formula is C17H22N2O2. The highest BCUT2D eigenvalue weighted by Crippen LogP contribution is 2.38. The van der Waals surface area contributed by atoms with E-state index in [2.05, 4.69) is 12.2 Å². The molecule has 1 aliphatic carbocycles. The SMILES string of the molecule is CCC1C(=O)NC(c2ccccc2)C(=O)N1C(C)C1CC1. The van der Waals surface area contributed by atoms with Crippen LogP contribution in [0.4, 0.5) is 0 Å². The Morgan fingerprint density at radius 3 is 2.48 bits per heavy atom. The molecule has 1 heterocycles. The van der Waals surface area contributed by atoms with E-state index in [-0.39, 0.29) is 23.9 Å². The van der Waals surface area contributed by atoms with Gasteiger partial charge in [-0.2, -0.15) is 0 Å². The lowest BCUT2D eigenvalue weighted by Crippen LogP contribution is -2.62. The molecule has 0 bridgehead atoms. The largest absolute Gasteiger partial charge is 0.339 e. The van der Waals surface area contributed by atoms with E-state index in [9.17, 15) is 9.59 Å². The minimum Gasteiger partial charge on any atom is -0.339 e. The van der Waals surface area contributed by atoms with Gasteiger partial charge < -0.3 is 10.2 Å². The first-order chi connectivity index (χ1) is 10.1. The minimum absolute atomic E-state index is 0.0292. The summed E-state index contributed by atoms with van der Waals surface area (Å²) in [6, 6.07) is 8.79. The molecule has 1 saturated carbocycles. The van der Waals surface area contributed by atoms with Crippen LogP contribution in [0.2, 0.25) is 0 Å². The van der Waals surface area contributed by atoms with Crippen LogP contribution in [0.5, 0.6) is 0 Å². The lowest BCUT2D eigenvalue weighted by atomic mass is 9.96. The predicted octanol–water partition coefficient (Wildman–Crippen LogP) is 2.26. The Labute approximate surface area is 125 Å². The van der Waals surface area contributed by atoms with E-state index in [0.717, 1.165) is 5.56 Å². The summed E-state index contributed by atoms with van der Waals surface area (Å²) >= 11 is 0. The molecule has 0 radical (unpaired) electrons. The van der Waals surface area contributed by atoms with E-state index in [1.807, 2.05) is 42.2 Å². The summed E-state index contributed by atoms with van der Waals surface area (Å²) in [6.45, 7) is 4.05. The Kier molecular flexibility index (Phi) is 3.70. The number of piperazine rings is 1. The predicted molar refractivity (Wildman–Crippen MR) is 80.4 cm³/mol. The summed E-state index contributed by atoms with van der Waals surface area (Å²) in [6.07, 6.45) is 2.99. The van der Waals surface area contributed by atoms with E-state index in [4.69, 9.17) is 0 Å². The Hall–Kier alpha value is -1.84. The highest BCUT2D eigenvalue weighted by atomic mass is 16.2. The zero-order valence-corrected chi connectivity index (χ0v) is 12.6. The van der Waals surface area contributed by atoms with Crippen LogP contribution < -0.4 is 5.32 Å². The molecule has 1 aromatic carbocycles. The van der Waals surface area contributed by atoms with Gasteiger partial charge in [-0.3, -0.25) is 9.59 Å². The van der Waals surface area contributed by atoms with Gasteiger partial charge in [0.15, 0.2) is 0 Å². The first kappa shape index (κ1) is 14.1. The monoisotopic (exact) mass is 286 g/mol. The lowest BCUT2D eigenvalue weighted by Gasteiger charge is -2.42. The van der Waals surface area contributed by atoms with E-state index in [0.29, 0.717) is 12.3 Å². The molecule has 1 aromatic rings. The maximum atomic E-state index is 12.9.